The first-order valence-corrected chi connectivity index (χ1v) is 11.7. The Morgan fingerprint density at radius 1 is 1.09 bits per heavy atom. The molecular weight excluding hydrogens is 447 g/mol. The molecule has 0 atom stereocenters. The topological polar surface area (TPSA) is 45.2 Å². The second kappa shape index (κ2) is 11.0. The Morgan fingerprint density at radius 3 is 2.47 bits per heavy atom. The molecule has 184 valence electrons. The molecule has 1 amide bonds. The molecule has 0 bridgehead atoms. The molecule has 1 aliphatic carbocycles. The zero-order chi connectivity index (χ0) is 24.1. The van der Waals surface area contributed by atoms with Crippen molar-refractivity contribution < 1.29 is 27.4 Å². The predicted molar refractivity (Wildman–Crippen MR) is 123 cm³/mol. The van der Waals surface area contributed by atoms with E-state index in [-0.39, 0.29) is 29.8 Å². The van der Waals surface area contributed by atoms with Gasteiger partial charge in [0.25, 0.3) is 0 Å². The maximum atomic E-state index is 14.1. The Labute approximate surface area is 197 Å². The van der Waals surface area contributed by atoms with E-state index in [4.69, 9.17) is 4.74 Å². The first-order chi connectivity index (χ1) is 16.4. The second-order valence-electron chi connectivity index (χ2n) is 8.55. The lowest BCUT2D eigenvalue weighted by molar-refractivity contribution is -0.133. The number of carbonyl (C=O) groups is 1. The minimum atomic E-state index is -2.93. The normalized spacial score (nSPS) is 16.3. The SMILES string of the molecule is CCOc1cc(CN(CC(=O)N2CCN(c3ccccc3F)CC2)C2CC2)ccc1OC(F)F. The Morgan fingerprint density at radius 2 is 1.82 bits per heavy atom. The van der Waals surface area contributed by atoms with Crippen LogP contribution in [-0.2, 0) is 11.3 Å². The monoisotopic (exact) mass is 477 g/mol. The predicted octanol–water partition coefficient (Wildman–Crippen LogP) is 4.14. The second-order valence-corrected chi connectivity index (χ2v) is 8.55. The lowest BCUT2D eigenvalue weighted by atomic mass is 10.1. The van der Waals surface area contributed by atoms with E-state index in [0.717, 1.165) is 18.4 Å². The molecule has 0 aromatic heterocycles. The van der Waals surface area contributed by atoms with Crippen LogP contribution >= 0.6 is 0 Å². The molecule has 34 heavy (non-hydrogen) atoms. The van der Waals surface area contributed by atoms with Crippen LogP contribution in [0.25, 0.3) is 0 Å². The van der Waals surface area contributed by atoms with Crippen LogP contribution in [-0.4, -0.2) is 67.7 Å². The summed E-state index contributed by atoms with van der Waals surface area (Å²) in [7, 11) is 0. The fourth-order valence-corrected chi connectivity index (χ4v) is 4.28. The van der Waals surface area contributed by atoms with Crippen LogP contribution in [0.4, 0.5) is 18.9 Å². The Kier molecular flexibility index (Phi) is 7.82. The van der Waals surface area contributed by atoms with Crippen LogP contribution < -0.4 is 14.4 Å². The van der Waals surface area contributed by atoms with Crippen molar-refractivity contribution in [1.82, 2.24) is 9.80 Å². The van der Waals surface area contributed by atoms with Crippen LogP contribution in [0, 0.1) is 5.82 Å². The number of para-hydroxylation sites is 1. The van der Waals surface area contributed by atoms with Crippen LogP contribution in [0.15, 0.2) is 42.5 Å². The number of ether oxygens (including phenoxy) is 2. The highest BCUT2D eigenvalue weighted by molar-refractivity contribution is 5.78. The summed E-state index contributed by atoms with van der Waals surface area (Å²) in [5, 5.41) is 0. The third-order valence-electron chi connectivity index (χ3n) is 6.14. The van der Waals surface area contributed by atoms with E-state index in [1.54, 1.807) is 31.2 Å². The van der Waals surface area contributed by atoms with Crippen molar-refractivity contribution in [2.24, 2.45) is 0 Å². The molecule has 1 saturated heterocycles. The lowest BCUT2D eigenvalue weighted by Crippen LogP contribution is -2.51. The molecule has 0 N–H and O–H groups in total. The summed E-state index contributed by atoms with van der Waals surface area (Å²) in [6.07, 6.45) is 2.05. The molecule has 0 spiro atoms. The van der Waals surface area contributed by atoms with E-state index in [1.807, 2.05) is 15.9 Å². The fraction of sp³-hybridized carbons (Fsp3) is 0.480. The maximum absolute atomic E-state index is 14.1. The average Bonchev–Trinajstić information content (AvgIpc) is 3.66. The third-order valence-corrected chi connectivity index (χ3v) is 6.14. The number of nitrogens with zero attached hydrogens (tertiary/aromatic N) is 3. The molecule has 0 radical (unpaired) electrons. The first kappa shape index (κ1) is 24.2. The number of piperazine rings is 1. The lowest BCUT2D eigenvalue weighted by Gasteiger charge is -2.37. The highest BCUT2D eigenvalue weighted by Gasteiger charge is 2.32. The minimum absolute atomic E-state index is 0.00220. The zero-order valence-corrected chi connectivity index (χ0v) is 19.3. The molecule has 2 aromatic carbocycles. The van der Waals surface area contributed by atoms with Gasteiger partial charge in [-0.3, -0.25) is 9.69 Å². The highest BCUT2D eigenvalue weighted by Crippen LogP contribution is 2.33. The summed E-state index contributed by atoms with van der Waals surface area (Å²) in [5.74, 6) is 0.0651. The van der Waals surface area contributed by atoms with Crippen molar-refractivity contribution in [1.29, 1.82) is 0 Å². The maximum Gasteiger partial charge on any atom is 0.387 e. The molecule has 2 aromatic rings. The summed E-state index contributed by atoms with van der Waals surface area (Å²) in [6.45, 7) is 2.22. The highest BCUT2D eigenvalue weighted by atomic mass is 19.3. The van der Waals surface area contributed by atoms with Gasteiger partial charge in [-0.1, -0.05) is 18.2 Å². The Balaban J connectivity index is 1.36. The third kappa shape index (κ3) is 6.14. The molecule has 1 aliphatic heterocycles. The van der Waals surface area contributed by atoms with E-state index in [0.29, 0.717) is 51.1 Å². The molecule has 2 fully saturated rings. The average molecular weight is 478 g/mol. The van der Waals surface area contributed by atoms with E-state index in [1.165, 1.54) is 12.1 Å². The van der Waals surface area contributed by atoms with Crippen molar-refractivity contribution in [2.45, 2.75) is 39.0 Å². The van der Waals surface area contributed by atoms with E-state index < -0.39 is 6.61 Å². The van der Waals surface area contributed by atoms with Crippen molar-refractivity contribution in [3.8, 4) is 11.5 Å². The van der Waals surface area contributed by atoms with Crippen LogP contribution in [0.3, 0.4) is 0 Å². The number of rotatable bonds is 10. The number of benzene rings is 2. The van der Waals surface area contributed by atoms with Gasteiger partial charge in [0.1, 0.15) is 5.82 Å². The van der Waals surface area contributed by atoms with Crippen molar-refractivity contribution in [3.63, 3.8) is 0 Å². The summed E-state index contributed by atoms with van der Waals surface area (Å²) in [5.41, 5.74) is 1.44. The zero-order valence-electron chi connectivity index (χ0n) is 19.3. The molecular formula is C25H30F3N3O3. The van der Waals surface area contributed by atoms with Crippen LogP contribution in [0.5, 0.6) is 11.5 Å². The van der Waals surface area contributed by atoms with Gasteiger partial charge in [0.15, 0.2) is 11.5 Å². The summed E-state index contributed by atoms with van der Waals surface area (Å²) in [6, 6.07) is 11.9. The number of alkyl halides is 2. The molecule has 0 unspecified atom stereocenters. The molecule has 9 heteroatoms. The molecule has 4 rings (SSSR count). The molecule has 6 nitrogen and oxygen atoms in total. The number of carbonyl (C=O) groups excluding carboxylic acids is 1. The summed E-state index contributed by atoms with van der Waals surface area (Å²) in [4.78, 5) is 19.0. The Bertz CT molecular complexity index is 979. The van der Waals surface area contributed by atoms with E-state index in [2.05, 4.69) is 9.64 Å². The van der Waals surface area contributed by atoms with Gasteiger partial charge in [-0.15, -0.1) is 0 Å². The van der Waals surface area contributed by atoms with Gasteiger partial charge in [-0.05, 0) is 49.6 Å². The van der Waals surface area contributed by atoms with Crippen molar-refractivity contribution >= 4 is 11.6 Å². The molecule has 2 aliphatic rings. The fourth-order valence-electron chi connectivity index (χ4n) is 4.28. The van der Waals surface area contributed by atoms with E-state index in [9.17, 15) is 18.0 Å². The number of halogens is 3. The number of hydrogen-bond acceptors (Lipinski definition) is 5. The van der Waals surface area contributed by atoms with Gasteiger partial charge < -0.3 is 19.3 Å². The van der Waals surface area contributed by atoms with Crippen molar-refractivity contribution in [2.75, 3.05) is 44.2 Å². The van der Waals surface area contributed by atoms with Gasteiger partial charge in [-0.25, -0.2) is 4.39 Å². The minimum Gasteiger partial charge on any atom is -0.490 e. The molecule has 1 heterocycles. The van der Waals surface area contributed by atoms with E-state index >= 15 is 0 Å². The summed E-state index contributed by atoms with van der Waals surface area (Å²) < 4.78 is 49.5. The van der Waals surface area contributed by atoms with Crippen LogP contribution in [0.2, 0.25) is 0 Å². The standard InChI is InChI=1S/C25H30F3N3O3/c1-2-33-23-15-18(7-10-22(23)34-25(27)28)16-31(19-8-9-19)17-24(32)30-13-11-29(12-14-30)21-6-4-3-5-20(21)26/h3-7,10,15,19,25H,2,8-9,11-14,16-17H2,1H3. The first-order valence-electron chi connectivity index (χ1n) is 11.7. The van der Waals surface area contributed by atoms with Gasteiger partial charge in [0.05, 0.1) is 18.8 Å². The smallest absolute Gasteiger partial charge is 0.387 e. The number of anilines is 1. The quantitative estimate of drug-likeness (QED) is 0.515. The largest absolute Gasteiger partial charge is 0.490 e. The summed E-state index contributed by atoms with van der Waals surface area (Å²) >= 11 is 0. The van der Waals surface area contributed by atoms with Crippen LogP contribution in [0.1, 0.15) is 25.3 Å². The van der Waals surface area contributed by atoms with Gasteiger partial charge in [0, 0.05) is 38.8 Å². The number of hydrogen-bond donors (Lipinski definition) is 0. The van der Waals surface area contributed by atoms with Crippen molar-refractivity contribution in [3.05, 3.63) is 53.8 Å². The van der Waals surface area contributed by atoms with Gasteiger partial charge in [-0.2, -0.15) is 8.78 Å². The number of amides is 1. The molecule has 1 saturated carbocycles. The van der Waals surface area contributed by atoms with Gasteiger partial charge >= 0.3 is 6.61 Å². The van der Waals surface area contributed by atoms with Gasteiger partial charge in [0.2, 0.25) is 5.91 Å². The Hall–Kier alpha value is -2.94.